The lowest BCUT2D eigenvalue weighted by Gasteiger charge is -2.55. The van der Waals surface area contributed by atoms with Crippen molar-refractivity contribution in [2.24, 2.45) is 5.92 Å². The first-order valence-electron chi connectivity index (χ1n) is 6.49. The van der Waals surface area contributed by atoms with Gasteiger partial charge in [-0.3, -0.25) is 4.79 Å². The van der Waals surface area contributed by atoms with Crippen LogP contribution >= 0.6 is 11.6 Å². The van der Waals surface area contributed by atoms with Gasteiger partial charge in [0, 0.05) is 12.1 Å². The topological polar surface area (TPSA) is 44.1 Å². The summed E-state index contributed by atoms with van der Waals surface area (Å²) in [4.78, 5) is 13.4. The van der Waals surface area contributed by atoms with Crippen LogP contribution in [0.3, 0.4) is 0 Å². The van der Waals surface area contributed by atoms with Gasteiger partial charge in [0.25, 0.3) is 0 Å². The van der Waals surface area contributed by atoms with Crippen molar-refractivity contribution >= 4 is 17.4 Å². The quantitative estimate of drug-likeness (QED) is 0.545. The van der Waals surface area contributed by atoms with E-state index in [1.807, 2.05) is 4.90 Å². The summed E-state index contributed by atoms with van der Waals surface area (Å²) in [5.41, 5.74) is -0.539. The number of hydrogen-bond acceptors (Lipinski definition) is 3. The van der Waals surface area contributed by atoms with E-state index in [-0.39, 0.29) is 17.7 Å². The average Bonchev–Trinajstić information content (AvgIpc) is 2.74. The number of carbonyl (C=O) groups is 1. The highest BCUT2D eigenvalue weighted by atomic mass is 35.5. The maximum Gasteiger partial charge on any atom is 0.183 e. The molecule has 19 heavy (non-hydrogen) atoms. The number of hydrogen-bond donors (Lipinski definition) is 0. The Balaban J connectivity index is 2.15. The maximum atomic E-state index is 12.4. The van der Waals surface area contributed by atoms with Gasteiger partial charge in [-0.2, -0.15) is 5.26 Å². The summed E-state index contributed by atoms with van der Waals surface area (Å²) >= 11 is 6.50. The molecule has 2 heterocycles. The molecule has 0 aromatic heterocycles. The van der Waals surface area contributed by atoms with E-state index in [1.165, 1.54) is 0 Å². The summed E-state index contributed by atoms with van der Waals surface area (Å²) in [5.74, 6) is 0.127. The molecule has 98 valence electrons. The monoisotopic (exact) mass is 274 g/mol. The third kappa shape index (κ3) is 1.41. The van der Waals surface area contributed by atoms with E-state index in [0.717, 1.165) is 12.8 Å². The van der Waals surface area contributed by atoms with Crippen molar-refractivity contribution in [1.29, 1.82) is 5.26 Å². The normalized spacial score (nSPS) is 43.6. The van der Waals surface area contributed by atoms with Crippen molar-refractivity contribution in [3.63, 3.8) is 0 Å². The highest BCUT2D eigenvalue weighted by molar-refractivity contribution is 6.27. The van der Waals surface area contributed by atoms with Gasteiger partial charge in [-0.15, -0.1) is 18.2 Å². The second kappa shape index (κ2) is 3.98. The number of allylic oxidation sites excluding steroid dienone is 1. The van der Waals surface area contributed by atoms with E-state index < -0.39 is 10.4 Å². The molecule has 3 rings (SSSR count). The van der Waals surface area contributed by atoms with E-state index >= 15 is 0 Å². The summed E-state index contributed by atoms with van der Waals surface area (Å²) in [6, 6.07) is 1.88. The Bertz CT molecular complexity index is 547. The van der Waals surface area contributed by atoms with Gasteiger partial charge < -0.3 is 4.90 Å². The Labute approximate surface area is 117 Å². The van der Waals surface area contributed by atoms with Crippen LogP contribution in [0.15, 0.2) is 37.1 Å². The van der Waals surface area contributed by atoms with Crippen LogP contribution in [0.4, 0.5) is 0 Å². The number of carbonyl (C=O) groups excluding carboxylic acids is 1. The zero-order chi connectivity index (χ0) is 13.7. The first-order valence-corrected chi connectivity index (χ1v) is 6.87. The first kappa shape index (κ1) is 12.5. The molecule has 1 aliphatic carbocycles. The molecular formula is C15H15ClN2O. The minimum absolute atomic E-state index is 0.00269. The van der Waals surface area contributed by atoms with Gasteiger partial charge in [0.1, 0.15) is 5.54 Å². The Morgan fingerprint density at radius 1 is 1.63 bits per heavy atom. The van der Waals surface area contributed by atoms with Gasteiger partial charge in [-0.1, -0.05) is 18.2 Å². The van der Waals surface area contributed by atoms with Gasteiger partial charge in [-0.25, -0.2) is 0 Å². The third-order valence-corrected chi connectivity index (χ3v) is 5.10. The zero-order valence-corrected chi connectivity index (χ0v) is 11.3. The number of nitrogens with zero attached hydrogens (tertiary/aromatic N) is 2. The van der Waals surface area contributed by atoms with Crippen LogP contribution in [-0.4, -0.2) is 27.1 Å². The molecule has 1 fully saturated rings. The van der Waals surface area contributed by atoms with Crippen LogP contribution in [0, 0.1) is 17.2 Å². The number of alkyl halides is 1. The Morgan fingerprint density at radius 2 is 2.42 bits per heavy atom. The fourth-order valence-corrected chi connectivity index (χ4v) is 4.10. The highest BCUT2D eigenvalue weighted by Crippen LogP contribution is 2.52. The molecule has 1 spiro atoms. The van der Waals surface area contributed by atoms with Gasteiger partial charge >= 0.3 is 0 Å². The van der Waals surface area contributed by atoms with Crippen molar-refractivity contribution in [3.05, 3.63) is 37.1 Å². The van der Waals surface area contributed by atoms with Crippen molar-refractivity contribution in [2.75, 3.05) is 0 Å². The molecule has 3 nitrogen and oxygen atoms in total. The molecule has 0 saturated carbocycles. The third-order valence-electron chi connectivity index (χ3n) is 4.64. The highest BCUT2D eigenvalue weighted by Gasteiger charge is 2.61. The van der Waals surface area contributed by atoms with Crippen LogP contribution in [-0.2, 0) is 4.79 Å². The van der Waals surface area contributed by atoms with E-state index in [4.69, 9.17) is 11.6 Å². The van der Waals surface area contributed by atoms with Crippen LogP contribution in [0.5, 0.6) is 0 Å². The van der Waals surface area contributed by atoms with Crippen molar-refractivity contribution < 1.29 is 4.79 Å². The SMILES string of the molecule is C=C[C@@H]1N2C=CC(=O)[C@]23CCC=C[C@@H]3C[C@@]1(Cl)C#N. The van der Waals surface area contributed by atoms with Gasteiger partial charge in [0.15, 0.2) is 10.7 Å². The predicted octanol–water partition coefficient (Wildman–Crippen LogP) is 2.55. The first-order chi connectivity index (χ1) is 9.08. The second-order valence-electron chi connectivity index (χ2n) is 5.44. The van der Waals surface area contributed by atoms with Crippen LogP contribution in [0.2, 0.25) is 0 Å². The number of halogens is 1. The minimum Gasteiger partial charge on any atom is -0.355 e. The summed E-state index contributed by atoms with van der Waals surface area (Å²) in [7, 11) is 0. The Hall–Kier alpha value is -1.53. The summed E-state index contributed by atoms with van der Waals surface area (Å²) in [6.45, 7) is 3.81. The molecule has 0 bridgehead atoms. The number of nitriles is 1. The lowest BCUT2D eigenvalue weighted by atomic mass is 9.65. The molecular weight excluding hydrogens is 260 g/mol. The lowest BCUT2D eigenvalue weighted by molar-refractivity contribution is -0.129. The minimum atomic E-state index is -1.02. The fraction of sp³-hybridized carbons (Fsp3) is 0.467. The molecule has 4 heteroatoms. The van der Waals surface area contributed by atoms with Gasteiger partial charge in [-0.05, 0) is 25.3 Å². The number of piperidine rings is 1. The summed E-state index contributed by atoms with van der Waals surface area (Å²) in [5, 5.41) is 9.44. The summed E-state index contributed by atoms with van der Waals surface area (Å²) in [6.07, 6.45) is 11.4. The predicted molar refractivity (Wildman–Crippen MR) is 73.4 cm³/mol. The fourth-order valence-electron chi connectivity index (χ4n) is 3.74. The van der Waals surface area contributed by atoms with Gasteiger partial charge in [0.05, 0.1) is 12.1 Å². The number of ketones is 1. The molecule has 1 saturated heterocycles. The molecule has 4 atom stereocenters. The van der Waals surface area contributed by atoms with Gasteiger partial charge in [0.2, 0.25) is 0 Å². The standard InChI is InChI=1S/C15H15ClN2O/c1-2-12-14(16,10-17)9-11-5-3-4-7-15(11)13(19)6-8-18(12)15/h2-3,5-6,8,11-12H,1,4,7,9H2/t11-,12+,14-,15-/m1/s1. The largest absolute Gasteiger partial charge is 0.355 e. The molecule has 0 N–H and O–H groups in total. The van der Waals surface area contributed by atoms with Crippen LogP contribution in [0.1, 0.15) is 19.3 Å². The second-order valence-corrected chi connectivity index (χ2v) is 6.12. The molecule has 0 aromatic rings. The van der Waals surface area contributed by atoms with E-state index in [2.05, 4.69) is 24.8 Å². The Kier molecular flexibility index (Phi) is 2.62. The van der Waals surface area contributed by atoms with E-state index in [9.17, 15) is 10.1 Å². The summed E-state index contributed by atoms with van der Waals surface area (Å²) < 4.78 is 0. The zero-order valence-electron chi connectivity index (χ0n) is 10.6. The molecule has 0 unspecified atom stereocenters. The van der Waals surface area contributed by atoms with E-state index in [0.29, 0.717) is 6.42 Å². The maximum absolute atomic E-state index is 12.4. The average molecular weight is 275 g/mol. The molecule has 0 aromatic carbocycles. The van der Waals surface area contributed by atoms with Crippen LogP contribution < -0.4 is 0 Å². The molecule has 2 aliphatic heterocycles. The lowest BCUT2D eigenvalue weighted by Crippen LogP contribution is -2.66. The molecule has 0 radical (unpaired) electrons. The van der Waals surface area contributed by atoms with Crippen molar-refractivity contribution in [1.82, 2.24) is 4.90 Å². The van der Waals surface area contributed by atoms with Crippen LogP contribution in [0.25, 0.3) is 0 Å². The van der Waals surface area contributed by atoms with Crippen molar-refractivity contribution in [2.45, 2.75) is 35.7 Å². The Morgan fingerprint density at radius 3 is 3.11 bits per heavy atom. The molecule has 0 amide bonds. The van der Waals surface area contributed by atoms with Crippen molar-refractivity contribution in [3.8, 4) is 6.07 Å². The molecule has 3 aliphatic rings. The van der Waals surface area contributed by atoms with E-state index in [1.54, 1.807) is 18.4 Å². The number of rotatable bonds is 1. The smallest absolute Gasteiger partial charge is 0.183 e.